The first kappa shape index (κ1) is 14.6. The van der Waals surface area contributed by atoms with Crippen molar-refractivity contribution in [1.29, 1.82) is 0 Å². The van der Waals surface area contributed by atoms with Crippen molar-refractivity contribution in [2.75, 3.05) is 11.9 Å². The predicted molar refractivity (Wildman–Crippen MR) is 91.0 cm³/mol. The molecule has 6 nitrogen and oxygen atoms in total. The van der Waals surface area contributed by atoms with Gasteiger partial charge in [0.25, 0.3) is 0 Å². The van der Waals surface area contributed by atoms with Crippen molar-refractivity contribution in [3.8, 4) is 11.1 Å². The Morgan fingerprint density at radius 1 is 1.29 bits per heavy atom. The van der Waals surface area contributed by atoms with E-state index in [4.69, 9.17) is 0 Å². The van der Waals surface area contributed by atoms with Crippen LogP contribution >= 0.6 is 0 Å². The van der Waals surface area contributed by atoms with E-state index in [2.05, 4.69) is 20.4 Å². The Labute approximate surface area is 139 Å². The molecule has 120 valence electrons. The maximum absolute atomic E-state index is 13.0. The fourth-order valence-corrected chi connectivity index (χ4v) is 3.15. The lowest BCUT2D eigenvalue weighted by Gasteiger charge is -2.10. The van der Waals surface area contributed by atoms with Gasteiger partial charge in [-0.25, -0.2) is 4.98 Å². The molecule has 1 aliphatic rings. The van der Waals surface area contributed by atoms with Crippen molar-refractivity contribution in [3.63, 3.8) is 0 Å². The summed E-state index contributed by atoms with van der Waals surface area (Å²) in [5.41, 5.74) is 4.35. The number of aromatic nitrogens is 4. The largest absolute Gasteiger partial charge is 0.369 e. The van der Waals surface area contributed by atoms with Crippen LogP contribution in [0.15, 0.2) is 42.9 Å². The number of pyridine rings is 2. The molecule has 1 N–H and O–H groups in total. The van der Waals surface area contributed by atoms with Crippen LogP contribution in [-0.2, 0) is 7.05 Å². The van der Waals surface area contributed by atoms with Crippen LogP contribution in [0.2, 0.25) is 0 Å². The fraction of sp³-hybridized carbons (Fsp3) is 0.222. The molecule has 0 aromatic carbocycles. The highest BCUT2D eigenvalue weighted by atomic mass is 16.1. The van der Waals surface area contributed by atoms with Gasteiger partial charge in [0.2, 0.25) is 0 Å². The number of nitrogens with one attached hydrogen (secondary N) is 1. The minimum atomic E-state index is -0.251. The minimum Gasteiger partial charge on any atom is -0.369 e. The Kier molecular flexibility index (Phi) is 3.37. The van der Waals surface area contributed by atoms with E-state index in [1.807, 2.05) is 37.4 Å². The molecule has 1 unspecified atom stereocenters. The zero-order chi connectivity index (χ0) is 16.7. The highest BCUT2D eigenvalue weighted by Crippen LogP contribution is 2.35. The van der Waals surface area contributed by atoms with Gasteiger partial charge in [-0.1, -0.05) is 6.07 Å². The lowest BCUT2D eigenvalue weighted by molar-refractivity contribution is 0.0957. The van der Waals surface area contributed by atoms with Gasteiger partial charge in [0.15, 0.2) is 5.78 Å². The normalized spacial score (nSPS) is 15.8. The average molecular weight is 319 g/mol. The molecule has 24 heavy (non-hydrogen) atoms. The van der Waals surface area contributed by atoms with Crippen LogP contribution in [0.4, 0.5) is 5.82 Å². The SMILES string of the molecule is Cc1cc(C(=O)C2CNc3ncc(-c4cccnc4)cc32)n(C)n1. The highest BCUT2D eigenvalue weighted by Gasteiger charge is 2.32. The number of nitrogens with zero attached hydrogens (tertiary/aromatic N) is 4. The molecule has 0 spiro atoms. The Bertz CT molecular complexity index is 916. The summed E-state index contributed by atoms with van der Waals surface area (Å²) in [5, 5.41) is 7.50. The predicted octanol–water partition coefficient (Wildman–Crippen LogP) is 2.58. The highest BCUT2D eigenvalue weighted by molar-refractivity contribution is 6.01. The molecule has 0 amide bonds. The number of carbonyl (C=O) groups is 1. The summed E-state index contributed by atoms with van der Waals surface area (Å²) in [7, 11) is 1.80. The Morgan fingerprint density at radius 2 is 2.17 bits per heavy atom. The second-order valence-corrected chi connectivity index (χ2v) is 6.00. The summed E-state index contributed by atoms with van der Waals surface area (Å²) in [4.78, 5) is 21.6. The molecule has 4 heterocycles. The van der Waals surface area contributed by atoms with E-state index in [9.17, 15) is 4.79 Å². The lowest BCUT2D eigenvalue weighted by atomic mass is 9.94. The standard InChI is InChI=1S/C18H17N5O/c1-11-6-16(23(2)22-11)17(24)15-10-21-18-14(15)7-13(9-20-18)12-4-3-5-19-8-12/h3-9,15H,10H2,1-2H3,(H,20,21). The first-order valence-corrected chi connectivity index (χ1v) is 7.82. The molecule has 3 aromatic rings. The van der Waals surface area contributed by atoms with Crippen molar-refractivity contribution >= 4 is 11.6 Å². The summed E-state index contributed by atoms with van der Waals surface area (Å²) < 4.78 is 1.65. The van der Waals surface area contributed by atoms with E-state index in [0.717, 1.165) is 28.2 Å². The number of rotatable bonds is 3. The van der Waals surface area contributed by atoms with Gasteiger partial charge >= 0.3 is 0 Å². The van der Waals surface area contributed by atoms with Crippen molar-refractivity contribution in [1.82, 2.24) is 19.7 Å². The van der Waals surface area contributed by atoms with Gasteiger partial charge in [-0.15, -0.1) is 0 Å². The maximum Gasteiger partial charge on any atom is 0.190 e. The molecule has 0 aliphatic carbocycles. The van der Waals surface area contributed by atoms with Crippen molar-refractivity contribution in [2.45, 2.75) is 12.8 Å². The number of hydrogen-bond acceptors (Lipinski definition) is 5. The average Bonchev–Trinajstić information content (AvgIpc) is 3.17. The quantitative estimate of drug-likeness (QED) is 0.751. The molecule has 0 fully saturated rings. The van der Waals surface area contributed by atoms with Gasteiger partial charge < -0.3 is 5.32 Å². The minimum absolute atomic E-state index is 0.0643. The van der Waals surface area contributed by atoms with E-state index < -0.39 is 0 Å². The number of fused-ring (bicyclic) bond motifs is 1. The summed E-state index contributed by atoms with van der Waals surface area (Å²) in [5.74, 6) is 0.591. The van der Waals surface area contributed by atoms with Crippen LogP contribution in [0.5, 0.6) is 0 Å². The number of hydrogen-bond donors (Lipinski definition) is 1. The number of aryl methyl sites for hydroxylation is 2. The zero-order valence-corrected chi connectivity index (χ0v) is 13.5. The fourth-order valence-electron chi connectivity index (χ4n) is 3.15. The molecular weight excluding hydrogens is 302 g/mol. The van der Waals surface area contributed by atoms with Gasteiger partial charge in [-0.05, 0) is 25.1 Å². The smallest absolute Gasteiger partial charge is 0.190 e. The number of ketones is 1. The number of anilines is 1. The topological polar surface area (TPSA) is 72.7 Å². The lowest BCUT2D eigenvalue weighted by Crippen LogP contribution is -2.18. The van der Waals surface area contributed by atoms with Crippen LogP contribution in [0.1, 0.15) is 27.7 Å². The molecular formula is C18H17N5O. The van der Waals surface area contributed by atoms with Crippen LogP contribution in [0, 0.1) is 6.92 Å². The van der Waals surface area contributed by atoms with E-state index in [-0.39, 0.29) is 11.7 Å². The van der Waals surface area contributed by atoms with E-state index >= 15 is 0 Å². The summed E-state index contributed by atoms with van der Waals surface area (Å²) in [6, 6.07) is 7.74. The van der Waals surface area contributed by atoms with E-state index in [0.29, 0.717) is 12.2 Å². The first-order valence-electron chi connectivity index (χ1n) is 7.82. The van der Waals surface area contributed by atoms with Gasteiger partial charge in [-0.3, -0.25) is 14.5 Å². The van der Waals surface area contributed by atoms with Crippen LogP contribution in [0.3, 0.4) is 0 Å². The first-order chi connectivity index (χ1) is 11.6. The van der Waals surface area contributed by atoms with Gasteiger partial charge in [0.05, 0.1) is 11.6 Å². The second kappa shape index (κ2) is 5.56. The summed E-state index contributed by atoms with van der Waals surface area (Å²) in [6.07, 6.45) is 5.35. The molecule has 0 radical (unpaired) electrons. The van der Waals surface area contributed by atoms with E-state index in [1.165, 1.54) is 0 Å². The Hall–Kier alpha value is -3.02. The third kappa shape index (κ3) is 2.36. The molecule has 1 atom stereocenters. The molecule has 3 aromatic heterocycles. The van der Waals surface area contributed by atoms with Gasteiger partial charge in [-0.2, -0.15) is 5.10 Å². The Morgan fingerprint density at radius 3 is 2.88 bits per heavy atom. The van der Waals surface area contributed by atoms with Gasteiger partial charge in [0, 0.05) is 48.9 Å². The number of carbonyl (C=O) groups excluding carboxylic acids is 1. The van der Waals surface area contributed by atoms with Crippen LogP contribution in [-0.4, -0.2) is 32.1 Å². The zero-order valence-electron chi connectivity index (χ0n) is 13.5. The molecule has 1 aliphatic heterocycles. The summed E-state index contributed by atoms with van der Waals surface area (Å²) >= 11 is 0. The third-order valence-electron chi connectivity index (χ3n) is 4.33. The second-order valence-electron chi connectivity index (χ2n) is 6.00. The van der Waals surface area contributed by atoms with Crippen molar-refractivity contribution in [2.24, 2.45) is 7.05 Å². The maximum atomic E-state index is 13.0. The Balaban J connectivity index is 1.73. The molecule has 4 rings (SSSR count). The van der Waals surface area contributed by atoms with Crippen LogP contribution < -0.4 is 5.32 Å². The van der Waals surface area contributed by atoms with Gasteiger partial charge in [0.1, 0.15) is 11.5 Å². The monoisotopic (exact) mass is 319 g/mol. The molecule has 0 saturated carbocycles. The molecule has 6 heteroatoms. The van der Waals surface area contributed by atoms with Crippen molar-refractivity contribution < 1.29 is 4.79 Å². The van der Waals surface area contributed by atoms with Crippen molar-refractivity contribution in [3.05, 3.63) is 59.8 Å². The third-order valence-corrected chi connectivity index (χ3v) is 4.33. The summed E-state index contributed by atoms with van der Waals surface area (Å²) in [6.45, 7) is 2.45. The number of Topliss-reactive ketones (excluding diaryl/α,β-unsaturated/α-hetero) is 1. The molecule has 0 saturated heterocycles. The molecule has 0 bridgehead atoms. The van der Waals surface area contributed by atoms with Crippen LogP contribution in [0.25, 0.3) is 11.1 Å². The van der Waals surface area contributed by atoms with E-state index in [1.54, 1.807) is 24.1 Å².